The van der Waals surface area contributed by atoms with Crippen molar-refractivity contribution in [1.29, 1.82) is 0 Å². The molecule has 0 saturated carbocycles. The van der Waals surface area contributed by atoms with Gasteiger partial charge in [-0.3, -0.25) is 4.79 Å². The topological polar surface area (TPSA) is 73.5 Å². The fourth-order valence-corrected chi connectivity index (χ4v) is 2.22. The van der Waals surface area contributed by atoms with E-state index in [2.05, 4.69) is 16.0 Å². The highest BCUT2D eigenvalue weighted by atomic mass is 35.5. The monoisotopic (exact) mass is 326 g/mol. The van der Waals surface area contributed by atoms with Crippen molar-refractivity contribution in [2.45, 2.75) is 18.9 Å². The van der Waals surface area contributed by atoms with Crippen LogP contribution in [0.1, 0.15) is 23.2 Å². The molecular weight excluding hydrogens is 304 g/mol. The maximum absolute atomic E-state index is 12.2. The molecule has 1 aliphatic rings. The first-order valence-electron chi connectivity index (χ1n) is 7.16. The molecule has 1 aromatic rings. The van der Waals surface area contributed by atoms with Gasteiger partial charge in [0.1, 0.15) is 0 Å². The summed E-state index contributed by atoms with van der Waals surface area (Å²) in [5.41, 5.74) is 1.17. The fraction of sp³-hybridized carbons (Fsp3) is 0.467. The van der Waals surface area contributed by atoms with Crippen LogP contribution in [0.25, 0.3) is 0 Å². The first-order chi connectivity index (χ1) is 10.1. The van der Waals surface area contributed by atoms with Crippen molar-refractivity contribution in [3.63, 3.8) is 0 Å². The Morgan fingerprint density at radius 1 is 1.32 bits per heavy atom. The van der Waals surface area contributed by atoms with Crippen LogP contribution < -0.4 is 16.0 Å². The number of carbonyl (C=O) groups is 2. The van der Waals surface area contributed by atoms with E-state index in [9.17, 15) is 9.59 Å². The molecule has 1 atom stereocenters. The molecule has 0 unspecified atom stereocenters. The number of halogens is 1. The second kappa shape index (κ2) is 8.60. The van der Waals surface area contributed by atoms with E-state index in [1.165, 1.54) is 4.90 Å². The molecule has 1 heterocycles. The standard InChI is InChI=1S/C15H22N4O2.ClH/c1-19(2)15(21)18-12-6-3-5-11(9-12)14(20)17-13-7-4-8-16-10-13;/h3,5-6,9,13,16H,4,7-8,10H2,1-2H3,(H,17,20)(H,18,21);1H/t13-;/m0./s1. The summed E-state index contributed by atoms with van der Waals surface area (Å²) in [6.45, 7) is 1.82. The van der Waals surface area contributed by atoms with Crippen molar-refractivity contribution in [3.05, 3.63) is 29.8 Å². The van der Waals surface area contributed by atoms with Gasteiger partial charge in [0.05, 0.1) is 0 Å². The Morgan fingerprint density at radius 2 is 2.09 bits per heavy atom. The van der Waals surface area contributed by atoms with Crippen LogP contribution >= 0.6 is 12.4 Å². The summed E-state index contributed by atoms with van der Waals surface area (Å²) in [7, 11) is 3.34. The molecule has 1 saturated heterocycles. The molecule has 122 valence electrons. The smallest absolute Gasteiger partial charge is 0.321 e. The van der Waals surface area contributed by atoms with E-state index < -0.39 is 0 Å². The highest BCUT2D eigenvalue weighted by Gasteiger charge is 2.16. The summed E-state index contributed by atoms with van der Waals surface area (Å²) in [5, 5.41) is 9.01. The van der Waals surface area contributed by atoms with Crippen molar-refractivity contribution in [2.75, 3.05) is 32.5 Å². The zero-order chi connectivity index (χ0) is 15.2. The van der Waals surface area contributed by atoms with Gasteiger partial charge in [0, 0.05) is 37.9 Å². The molecule has 22 heavy (non-hydrogen) atoms. The Morgan fingerprint density at radius 3 is 2.73 bits per heavy atom. The molecule has 1 aromatic carbocycles. The Hall–Kier alpha value is -1.79. The highest BCUT2D eigenvalue weighted by molar-refractivity contribution is 5.97. The van der Waals surface area contributed by atoms with E-state index in [0.717, 1.165) is 25.9 Å². The molecule has 0 radical (unpaired) electrons. The third-order valence-corrected chi connectivity index (χ3v) is 3.41. The fourth-order valence-electron chi connectivity index (χ4n) is 2.22. The van der Waals surface area contributed by atoms with E-state index >= 15 is 0 Å². The van der Waals surface area contributed by atoms with Crippen molar-refractivity contribution in [1.82, 2.24) is 15.5 Å². The quantitative estimate of drug-likeness (QED) is 0.791. The summed E-state index contributed by atoms with van der Waals surface area (Å²) in [6, 6.07) is 6.92. The molecule has 1 fully saturated rings. The molecule has 2 rings (SSSR count). The normalized spacial score (nSPS) is 17.1. The maximum atomic E-state index is 12.2. The second-order valence-electron chi connectivity index (χ2n) is 5.42. The Labute approximate surface area is 137 Å². The molecule has 6 nitrogen and oxygen atoms in total. The molecule has 0 aromatic heterocycles. The van der Waals surface area contributed by atoms with E-state index in [0.29, 0.717) is 11.3 Å². The van der Waals surface area contributed by atoms with Crippen molar-refractivity contribution >= 4 is 30.0 Å². The van der Waals surface area contributed by atoms with Gasteiger partial charge < -0.3 is 20.9 Å². The molecule has 3 N–H and O–H groups in total. The lowest BCUT2D eigenvalue weighted by molar-refractivity contribution is 0.0930. The van der Waals surface area contributed by atoms with Crippen LogP contribution in [0, 0.1) is 0 Å². The molecule has 0 bridgehead atoms. The molecule has 0 aliphatic carbocycles. The molecule has 0 spiro atoms. The minimum atomic E-state index is -0.218. The lowest BCUT2D eigenvalue weighted by atomic mass is 10.1. The summed E-state index contributed by atoms with van der Waals surface area (Å²) in [6.07, 6.45) is 2.07. The van der Waals surface area contributed by atoms with Gasteiger partial charge in [0.2, 0.25) is 0 Å². The zero-order valence-corrected chi connectivity index (χ0v) is 13.7. The summed E-state index contributed by atoms with van der Waals surface area (Å²) in [5.74, 6) is -0.107. The van der Waals surface area contributed by atoms with Crippen LogP contribution in [0.2, 0.25) is 0 Å². The van der Waals surface area contributed by atoms with E-state index in [1.807, 2.05) is 0 Å². The van der Waals surface area contributed by atoms with Crippen LogP contribution in [0.3, 0.4) is 0 Å². The SMILES string of the molecule is CN(C)C(=O)Nc1cccc(C(=O)N[C@H]2CCCNC2)c1.Cl. The Balaban J connectivity index is 0.00000242. The van der Waals surface area contributed by atoms with Crippen LogP contribution in [-0.4, -0.2) is 50.1 Å². The number of carbonyl (C=O) groups excluding carboxylic acids is 2. The molecule has 1 aliphatic heterocycles. The average Bonchev–Trinajstić information content (AvgIpc) is 2.48. The van der Waals surface area contributed by atoms with Crippen LogP contribution in [0.4, 0.5) is 10.5 Å². The largest absolute Gasteiger partial charge is 0.348 e. The van der Waals surface area contributed by atoms with Crippen LogP contribution in [0.5, 0.6) is 0 Å². The number of hydrogen-bond donors (Lipinski definition) is 3. The van der Waals surface area contributed by atoms with Gasteiger partial charge in [0.15, 0.2) is 0 Å². The predicted molar refractivity (Wildman–Crippen MR) is 89.8 cm³/mol. The van der Waals surface area contributed by atoms with E-state index in [1.54, 1.807) is 38.4 Å². The minimum Gasteiger partial charge on any atom is -0.348 e. The Bertz CT molecular complexity index is 516. The number of benzene rings is 1. The maximum Gasteiger partial charge on any atom is 0.321 e. The van der Waals surface area contributed by atoms with E-state index in [-0.39, 0.29) is 30.4 Å². The van der Waals surface area contributed by atoms with Crippen molar-refractivity contribution in [2.24, 2.45) is 0 Å². The van der Waals surface area contributed by atoms with Gasteiger partial charge >= 0.3 is 6.03 Å². The second-order valence-corrected chi connectivity index (χ2v) is 5.42. The third kappa shape index (κ3) is 5.20. The first-order valence-corrected chi connectivity index (χ1v) is 7.16. The number of nitrogens with one attached hydrogen (secondary N) is 3. The van der Waals surface area contributed by atoms with Gasteiger partial charge in [-0.05, 0) is 37.6 Å². The van der Waals surface area contributed by atoms with E-state index in [4.69, 9.17) is 0 Å². The summed E-state index contributed by atoms with van der Waals surface area (Å²) in [4.78, 5) is 25.3. The van der Waals surface area contributed by atoms with Crippen LogP contribution in [-0.2, 0) is 0 Å². The molecular formula is C15H23ClN4O2. The predicted octanol–water partition coefficient (Wildman–Crippen LogP) is 1.68. The van der Waals surface area contributed by atoms with Gasteiger partial charge in [0.25, 0.3) is 5.91 Å². The molecule has 7 heteroatoms. The van der Waals surface area contributed by atoms with Crippen molar-refractivity contribution < 1.29 is 9.59 Å². The van der Waals surface area contributed by atoms with Gasteiger partial charge in [-0.2, -0.15) is 0 Å². The first kappa shape index (κ1) is 18.3. The number of hydrogen-bond acceptors (Lipinski definition) is 3. The van der Waals surface area contributed by atoms with Gasteiger partial charge in [-0.1, -0.05) is 6.07 Å². The number of urea groups is 1. The Kier molecular flexibility index (Phi) is 7.14. The number of nitrogens with zero attached hydrogens (tertiary/aromatic N) is 1. The number of piperidine rings is 1. The van der Waals surface area contributed by atoms with Crippen molar-refractivity contribution in [3.8, 4) is 0 Å². The third-order valence-electron chi connectivity index (χ3n) is 3.41. The highest BCUT2D eigenvalue weighted by Crippen LogP contribution is 2.12. The summed E-state index contributed by atoms with van der Waals surface area (Å²) >= 11 is 0. The van der Waals surface area contributed by atoms with Crippen LogP contribution in [0.15, 0.2) is 24.3 Å². The number of anilines is 1. The minimum absolute atomic E-state index is 0. The lowest BCUT2D eigenvalue weighted by Gasteiger charge is -2.23. The number of amides is 3. The molecule has 3 amide bonds. The average molecular weight is 327 g/mol. The summed E-state index contributed by atoms with van der Waals surface area (Å²) < 4.78 is 0. The van der Waals surface area contributed by atoms with Gasteiger partial charge in [-0.15, -0.1) is 12.4 Å². The number of rotatable bonds is 3. The van der Waals surface area contributed by atoms with Gasteiger partial charge in [-0.25, -0.2) is 4.79 Å². The zero-order valence-electron chi connectivity index (χ0n) is 12.9. The lowest BCUT2D eigenvalue weighted by Crippen LogP contribution is -2.45.